The van der Waals surface area contributed by atoms with E-state index in [2.05, 4.69) is 26.0 Å². The van der Waals surface area contributed by atoms with Crippen LogP contribution in [-0.2, 0) is 0 Å². The molecule has 2 heterocycles. The molecule has 16 heavy (non-hydrogen) atoms. The number of rotatable bonds is 3. The fraction of sp³-hybridized carbons (Fsp3) is 0.273. The van der Waals surface area contributed by atoms with Crippen LogP contribution in [0, 0.1) is 0 Å². The topological polar surface area (TPSA) is 50.9 Å². The number of aliphatic hydroxyl groups excluding tert-OH is 1. The quantitative estimate of drug-likeness (QED) is 0.940. The second-order valence-electron chi connectivity index (χ2n) is 3.47. The number of halogens is 1. The maximum Gasteiger partial charge on any atom is 0.0957 e. The Labute approximate surface area is 102 Å². The Balaban J connectivity index is 2.25. The van der Waals surface area contributed by atoms with E-state index in [1.165, 1.54) is 0 Å². The maximum atomic E-state index is 9.60. The summed E-state index contributed by atoms with van der Waals surface area (Å²) in [6.07, 6.45) is 5.45. The van der Waals surface area contributed by atoms with Crippen molar-refractivity contribution in [3.05, 3.63) is 40.9 Å². The van der Waals surface area contributed by atoms with E-state index < -0.39 is 6.10 Å². The number of hydrogen-bond donors (Lipinski definition) is 1. The molecule has 0 saturated carbocycles. The smallest absolute Gasteiger partial charge is 0.0957 e. The molecule has 0 saturated heterocycles. The second kappa shape index (κ2) is 4.76. The van der Waals surface area contributed by atoms with Gasteiger partial charge in [0.25, 0.3) is 0 Å². The van der Waals surface area contributed by atoms with Crippen molar-refractivity contribution >= 4 is 15.9 Å². The molecule has 2 aromatic rings. The van der Waals surface area contributed by atoms with Crippen LogP contribution >= 0.6 is 15.9 Å². The van der Waals surface area contributed by atoms with Crippen LogP contribution in [-0.4, -0.2) is 19.9 Å². The van der Waals surface area contributed by atoms with Gasteiger partial charge in [-0.05, 0) is 34.5 Å². The molecule has 0 aromatic carbocycles. The Kier molecular flexibility index (Phi) is 3.36. The highest BCUT2D eigenvalue weighted by atomic mass is 79.9. The average Bonchev–Trinajstić information content (AvgIpc) is 2.75. The molecule has 2 aromatic heterocycles. The number of hydrogen-bond acceptors (Lipinski definition) is 3. The van der Waals surface area contributed by atoms with Crippen LogP contribution in [0.4, 0.5) is 0 Å². The van der Waals surface area contributed by atoms with E-state index in [0.717, 1.165) is 10.2 Å². The Morgan fingerprint density at radius 2 is 2.25 bits per heavy atom. The lowest BCUT2D eigenvalue weighted by atomic mass is 10.2. The molecule has 2 rings (SSSR count). The number of nitrogens with zero attached hydrogens (tertiary/aromatic N) is 3. The standard InChI is InChI=1S/C11H12BrN3O/c1-2-11(16)10-4-3-9(6-13-10)15-7-8(12)5-14-15/h3-7,11,16H,2H2,1H3/t11-/m1/s1. The molecule has 4 nitrogen and oxygen atoms in total. The van der Waals surface area contributed by atoms with E-state index in [9.17, 15) is 5.11 Å². The Morgan fingerprint density at radius 1 is 1.44 bits per heavy atom. The van der Waals surface area contributed by atoms with Crippen LogP contribution in [0.5, 0.6) is 0 Å². The molecule has 1 atom stereocenters. The third-order valence-electron chi connectivity index (χ3n) is 2.31. The Hall–Kier alpha value is -1.20. The molecule has 5 heteroatoms. The van der Waals surface area contributed by atoms with Gasteiger partial charge in [0.15, 0.2) is 0 Å². The normalized spacial score (nSPS) is 12.7. The van der Waals surface area contributed by atoms with Crippen LogP contribution < -0.4 is 0 Å². The summed E-state index contributed by atoms with van der Waals surface area (Å²) >= 11 is 3.33. The number of aliphatic hydroxyl groups is 1. The monoisotopic (exact) mass is 281 g/mol. The van der Waals surface area contributed by atoms with E-state index in [0.29, 0.717) is 12.1 Å². The van der Waals surface area contributed by atoms with Crippen LogP contribution in [0.2, 0.25) is 0 Å². The van der Waals surface area contributed by atoms with Gasteiger partial charge in [0.2, 0.25) is 0 Å². The van der Waals surface area contributed by atoms with E-state index in [-0.39, 0.29) is 0 Å². The predicted octanol–water partition coefficient (Wildman–Crippen LogP) is 2.47. The van der Waals surface area contributed by atoms with Gasteiger partial charge in [-0.3, -0.25) is 4.98 Å². The lowest BCUT2D eigenvalue weighted by Gasteiger charge is -2.07. The molecule has 0 unspecified atom stereocenters. The van der Waals surface area contributed by atoms with Gasteiger partial charge in [0, 0.05) is 6.20 Å². The summed E-state index contributed by atoms with van der Waals surface area (Å²) < 4.78 is 2.64. The zero-order chi connectivity index (χ0) is 11.5. The van der Waals surface area contributed by atoms with Gasteiger partial charge >= 0.3 is 0 Å². The first kappa shape index (κ1) is 11.3. The van der Waals surface area contributed by atoms with Gasteiger partial charge in [-0.25, -0.2) is 4.68 Å². The van der Waals surface area contributed by atoms with Gasteiger partial charge in [-0.2, -0.15) is 5.10 Å². The molecule has 0 aliphatic heterocycles. The van der Waals surface area contributed by atoms with Crippen molar-refractivity contribution in [1.82, 2.24) is 14.8 Å². The number of pyridine rings is 1. The van der Waals surface area contributed by atoms with Crippen molar-refractivity contribution in [2.75, 3.05) is 0 Å². The highest BCUT2D eigenvalue weighted by Crippen LogP contribution is 2.16. The lowest BCUT2D eigenvalue weighted by molar-refractivity contribution is 0.169. The summed E-state index contributed by atoms with van der Waals surface area (Å²) in [6, 6.07) is 3.71. The third kappa shape index (κ3) is 2.31. The molecule has 0 aliphatic carbocycles. The summed E-state index contributed by atoms with van der Waals surface area (Å²) in [5, 5.41) is 13.8. The molecular formula is C11H12BrN3O. The van der Waals surface area contributed by atoms with Crippen LogP contribution in [0.3, 0.4) is 0 Å². The van der Waals surface area contributed by atoms with Gasteiger partial charge < -0.3 is 5.11 Å². The summed E-state index contributed by atoms with van der Waals surface area (Å²) in [7, 11) is 0. The minimum atomic E-state index is -0.488. The van der Waals surface area contributed by atoms with Crippen molar-refractivity contribution in [2.45, 2.75) is 19.4 Å². The Bertz CT molecular complexity index is 466. The van der Waals surface area contributed by atoms with Crippen molar-refractivity contribution in [2.24, 2.45) is 0 Å². The van der Waals surface area contributed by atoms with Gasteiger partial charge in [-0.15, -0.1) is 0 Å². The van der Waals surface area contributed by atoms with E-state index in [1.54, 1.807) is 17.1 Å². The predicted molar refractivity (Wildman–Crippen MR) is 64.3 cm³/mol. The molecule has 0 aliphatic rings. The van der Waals surface area contributed by atoms with Crippen molar-refractivity contribution in [1.29, 1.82) is 0 Å². The molecule has 0 amide bonds. The van der Waals surface area contributed by atoms with Gasteiger partial charge in [0.1, 0.15) is 0 Å². The lowest BCUT2D eigenvalue weighted by Crippen LogP contribution is -2.01. The van der Waals surface area contributed by atoms with E-state index >= 15 is 0 Å². The summed E-state index contributed by atoms with van der Waals surface area (Å²) in [6.45, 7) is 1.92. The molecule has 0 fully saturated rings. The van der Waals surface area contributed by atoms with Crippen LogP contribution in [0.25, 0.3) is 5.69 Å². The molecule has 84 valence electrons. The number of aromatic nitrogens is 3. The minimum absolute atomic E-state index is 0.488. The first-order valence-electron chi connectivity index (χ1n) is 5.05. The van der Waals surface area contributed by atoms with Crippen LogP contribution in [0.15, 0.2) is 35.2 Å². The minimum Gasteiger partial charge on any atom is -0.387 e. The second-order valence-corrected chi connectivity index (χ2v) is 4.38. The molecular weight excluding hydrogens is 270 g/mol. The zero-order valence-electron chi connectivity index (χ0n) is 8.84. The van der Waals surface area contributed by atoms with E-state index in [1.807, 2.05) is 25.3 Å². The highest BCUT2D eigenvalue weighted by molar-refractivity contribution is 9.10. The summed E-state index contributed by atoms with van der Waals surface area (Å²) in [5.41, 5.74) is 1.57. The van der Waals surface area contributed by atoms with Crippen LogP contribution in [0.1, 0.15) is 25.1 Å². The molecule has 0 bridgehead atoms. The highest BCUT2D eigenvalue weighted by Gasteiger charge is 2.06. The average molecular weight is 282 g/mol. The zero-order valence-corrected chi connectivity index (χ0v) is 10.4. The Morgan fingerprint density at radius 3 is 2.75 bits per heavy atom. The van der Waals surface area contributed by atoms with Gasteiger partial charge in [-0.1, -0.05) is 6.92 Å². The first-order chi connectivity index (χ1) is 7.70. The fourth-order valence-electron chi connectivity index (χ4n) is 1.38. The van der Waals surface area contributed by atoms with E-state index in [4.69, 9.17) is 0 Å². The SMILES string of the molecule is CC[C@@H](O)c1ccc(-n2cc(Br)cn2)cn1. The first-order valence-corrected chi connectivity index (χ1v) is 5.84. The largest absolute Gasteiger partial charge is 0.387 e. The molecule has 0 radical (unpaired) electrons. The van der Waals surface area contributed by atoms with Crippen molar-refractivity contribution in [3.63, 3.8) is 0 Å². The molecule has 0 spiro atoms. The van der Waals surface area contributed by atoms with Crippen molar-refractivity contribution in [3.8, 4) is 5.69 Å². The van der Waals surface area contributed by atoms with Gasteiger partial charge in [0.05, 0.1) is 34.4 Å². The fourth-order valence-corrected chi connectivity index (χ4v) is 1.67. The molecule has 1 N–H and O–H groups in total. The summed E-state index contributed by atoms with van der Waals surface area (Å²) in [4.78, 5) is 4.21. The third-order valence-corrected chi connectivity index (χ3v) is 2.72. The summed E-state index contributed by atoms with van der Waals surface area (Å²) in [5.74, 6) is 0. The van der Waals surface area contributed by atoms with Crippen molar-refractivity contribution < 1.29 is 5.11 Å². The maximum absolute atomic E-state index is 9.60.